The Kier molecular flexibility index (Phi) is 6.41. The molecule has 1 aliphatic rings. The van der Waals surface area contributed by atoms with E-state index in [-0.39, 0.29) is 11.9 Å². The second-order valence-electron chi connectivity index (χ2n) is 6.23. The van der Waals surface area contributed by atoms with Gasteiger partial charge in [-0.15, -0.1) is 0 Å². The number of hydrogen-bond donors (Lipinski definition) is 1. The molecule has 1 amide bonds. The first-order chi connectivity index (χ1) is 10.5. The van der Waals surface area contributed by atoms with Crippen LogP contribution in [0.2, 0.25) is 0 Å². The Labute approximate surface area is 141 Å². The van der Waals surface area contributed by atoms with Gasteiger partial charge >= 0.3 is 0 Å². The smallest absolute Gasteiger partial charge is 0.236 e. The van der Waals surface area contributed by atoms with Crippen molar-refractivity contribution in [2.75, 3.05) is 20.1 Å². The Morgan fingerprint density at radius 2 is 2.18 bits per heavy atom. The zero-order valence-corrected chi connectivity index (χ0v) is 15.1. The molecule has 2 atom stereocenters. The van der Waals surface area contributed by atoms with Gasteiger partial charge in [0.2, 0.25) is 5.91 Å². The van der Waals surface area contributed by atoms with Gasteiger partial charge in [0.1, 0.15) is 0 Å². The van der Waals surface area contributed by atoms with E-state index in [1.807, 2.05) is 38.2 Å². The summed E-state index contributed by atoms with van der Waals surface area (Å²) in [5.74, 6) is 0.156. The van der Waals surface area contributed by atoms with Crippen LogP contribution in [0.4, 0.5) is 0 Å². The highest BCUT2D eigenvalue weighted by atomic mass is 79.9. The summed E-state index contributed by atoms with van der Waals surface area (Å²) in [4.78, 5) is 16.6. The van der Waals surface area contributed by atoms with Gasteiger partial charge in [-0.05, 0) is 37.9 Å². The van der Waals surface area contributed by atoms with E-state index >= 15 is 0 Å². The molecule has 1 fully saturated rings. The van der Waals surface area contributed by atoms with Crippen molar-refractivity contribution in [3.05, 3.63) is 34.3 Å². The van der Waals surface area contributed by atoms with Crippen molar-refractivity contribution in [3.8, 4) is 0 Å². The summed E-state index contributed by atoms with van der Waals surface area (Å²) in [6, 6.07) is 8.46. The van der Waals surface area contributed by atoms with Crippen molar-refractivity contribution in [2.45, 2.75) is 44.8 Å². The molecule has 0 aliphatic carbocycles. The number of carbonyl (C=O) groups excluding carboxylic acids is 1. The minimum atomic E-state index is 0.113. The van der Waals surface area contributed by atoms with E-state index in [0.29, 0.717) is 19.1 Å². The number of amides is 1. The molecule has 2 unspecified atom stereocenters. The van der Waals surface area contributed by atoms with Gasteiger partial charge in [-0.2, -0.15) is 0 Å². The monoisotopic (exact) mass is 367 g/mol. The standard InChI is InChI=1S/C17H26BrN3O/c1-13(19)16-9-5-6-10-21(16)12-17(22)20(2)11-14-7-3-4-8-15(14)18/h3-4,7-8,13,16H,5-6,9-12,19H2,1-2H3. The van der Waals surface area contributed by atoms with Crippen molar-refractivity contribution >= 4 is 21.8 Å². The SMILES string of the molecule is CC(N)C1CCCCN1CC(=O)N(C)Cc1ccccc1Br. The summed E-state index contributed by atoms with van der Waals surface area (Å²) in [6.07, 6.45) is 3.47. The summed E-state index contributed by atoms with van der Waals surface area (Å²) >= 11 is 3.54. The second-order valence-corrected chi connectivity index (χ2v) is 7.09. The van der Waals surface area contributed by atoms with Crippen LogP contribution in [0.15, 0.2) is 28.7 Å². The Balaban J connectivity index is 1.94. The molecule has 0 bridgehead atoms. The van der Waals surface area contributed by atoms with Crippen molar-refractivity contribution in [2.24, 2.45) is 5.73 Å². The van der Waals surface area contributed by atoms with E-state index < -0.39 is 0 Å². The molecule has 4 nitrogen and oxygen atoms in total. The van der Waals surface area contributed by atoms with E-state index in [2.05, 4.69) is 20.8 Å². The number of likely N-dealkylation sites (N-methyl/N-ethyl adjacent to an activating group) is 1. The van der Waals surface area contributed by atoms with Crippen LogP contribution < -0.4 is 5.73 Å². The Bertz CT molecular complexity index is 506. The summed E-state index contributed by atoms with van der Waals surface area (Å²) in [5, 5.41) is 0. The van der Waals surface area contributed by atoms with Gasteiger partial charge in [0.15, 0.2) is 0 Å². The Morgan fingerprint density at radius 1 is 1.45 bits per heavy atom. The zero-order valence-electron chi connectivity index (χ0n) is 13.5. The number of piperidine rings is 1. The molecular formula is C17H26BrN3O. The highest BCUT2D eigenvalue weighted by molar-refractivity contribution is 9.10. The van der Waals surface area contributed by atoms with Crippen LogP contribution in [0.25, 0.3) is 0 Å². The number of hydrogen-bond acceptors (Lipinski definition) is 3. The van der Waals surface area contributed by atoms with E-state index in [0.717, 1.165) is 29.4 Å². The van der Waals surface area contributed by atoms with Crippen LogP contribution in [0.5, 0.6) is 0 Å². The minimum absolute atomic E-state index is 0.113. The van der Waals surface area contributed by atoms with Gasteiger partial charge < -0.3 is 10.6 Å². The Morgan fingerprint density at radius 3 is 2.86 bits per heavy atom. The topological polar surface area (TPSA) is 49.6 Å². The number of carbonyl (C=O) groups is 1. The highest BCUT2D eigenvalue weighted by Crippen LogP contribution is 2.20. The van der Waals surface area contributed by atoms with Gasteiger partial charge in [0.05, 0.1) is 6.54 Å². The number of halogens is 1. The molecule has 0 aromatic heterocycles. The lowest BCUT2D eigenvalue weighted by atomic mass is 9.97. The van der Waals surface area contributed by atoms with Gasteiger partial charge in [-0.1, -0.05) is 40.5 Å². The van der Waals surface area contributed by atoms with Gasteiger partial charge in [-0.3, -0.25) is 9.69 Å². The molecule has 0 saturated carbocycles. The quantitative estimate of drug-likeness (QED) is 0.869. The molecule has 1 aliphatic heterocycles. The van der Waals surface area contributed by atoms with E-state index in [4.69, 9.17) is 5.73 Å². The maximum atomic E-state index is 12.5. The van der Waals surface area contributed by atoms with Gasteiger partial charge in [0, 0.05) is 30.1 Å². The number of nitrogens with zero attached hydrogens (tertiary/aromatic N) is 2. The van der Waals surface area contributed by atoms with Crippen LogP contribution in [-0.2, 0) is 11.3 Å². The molecular weight excluding hydrogens is 342 g/mol. The van der Waals surface area contributed by atoms with Gasteiger partial charge in [-0.25, -0.2) is 0 Å². The summed E-state index contributed by atoms with van der Waals surface area (Å²) < 4.78 is 1.04. The largest absolute Gasteiger partial charge is 0.340 e. The maximum Gasteiger partial charge on any atom is 0.236 e. The molecule has 0 radical (unpaired) electrons. The fourth-order valence-electron chi connectivity index (χ4n) is 3.07. The Hall–Kier alpha value is -0.910. The molecule has 1 heterocycles. The number of rotatable bonds is 5. The second kappa shape index (κ2) is 8.09. The molecule has 1 aromatic rings. The first-order valence-corrected chi connectivity index (χ1v) is 8.75. The first-order valence-electron chi connectivity index (χ1n) is 7.96. The predicted octanol–water partition coefficient (Wildman–Crippen LogP) is 2.61. The van der Waals surface area contributed by atoms with Crippen molar-refractivity contribution in [1.82, 2.24) is 9.80 Å². The number of nitrogens with two attached hydrogens (primary N) is 1. The molecule has 1 aromatic carbocycles. The first kappa shape index (κ1) is 17.4. The maximum absolute atomic E-state index is 12.5. The zero-order chi connectivity index (χ0) is 16.1. The van der Waals surface area contributed by atoms with Crippen molar-refractivity contribution in [3.63, 3.8) is 0 Å². The summed E-state index contributed by atoms with van der Waals surface area (Å²) in [7, 11) is 1.87. The van der Waals surface area contributed by atoms with Crippen LogP contribution in [0.3, 0.4) is 0 Å². The third kappa shape index (κ3) is 4.54. The van der Waals surface area contributed by atoms with Crippen molar-refractivity contribution in [1.29, 1.82) is 0 Å². The molecule has 22 heavy (non-hydrogen) atoms. The van der Waals surface area contributed by atoms with E-state index in [1.54, 1.807) is 4.90 Å². The molecule has 0 spiro atoms. The average Bonchev–Trinajstić information content (AvgIpc) is 2.49. The third-order valence-electron chi connectivity index (χ3n) is 4.40. The molecule has 5 heteroatoms. The van der Waals surface area contributed by atoms with Crippen LogP contribution in [0, 0.1) is 0 Å². The highest BCUT2D eigenvalue weighted by Gasteiger charge is 2.27. The third-order valence-corrected chi connectivity index (χ3v) is 5.17. The normalized spacial score (nSPS) is 20.6. The van der Waals surface area contributed by atoms with E-state index in [9.17, 15) is 4.79 Å². The van der Waals surface area contributed by atoms with Crippen LogP contribution >= 0.6 is 15.9 Å². The fraction of sp³-hybridized carbons (Fsp3) is 0.588. The van der Waals surface area contributed by atoms with Crippen molar-refractivity contribution < 1.29 is 4.79 Å². The summed E-state index contributed by atoms with van der Waals surface area (Å²) in [5.41, 5.74) is 7.21. The number of benzene rings is 1. The summed E-state index contributed by atoms with van der Waals surface area (Å²) in [6.45, 7) is 4.10. The number of likely N-dealkylation sites (tertiary alicyclic amines) is 1. The molecule has 2 N–H and O–H groups in total. The lowest BCUT2D eigenvalue weighted by Gasteiger charge is -2.38. The molecule has 122 valence electrons. The van der Waals surface area contributed by atoms with Crippen LogP contribution in [-0.4, -0.2) is 47.9 Å². The molecule has 2 rings (SSSR count). The lowest BCUT2D eigenvalue weighted by molar-refractivity contribution is -0.132. The lowest BCUT2D eigenvalue weighted by Crippen LogP contribution is -2.52. The van der Waals surface area contributed by atoms with Gasteiger partial charge in [0.25, 0.3) is 0 Å². The predicted molar refractivity (Wildman–Crippen MR) is 93.5 cm³/mol. The average molecular weight is 368 g/mol. The van der Waals surface area contributed by atoms with Crippen LogP contribution in [0.1, 0.15) is 31.7 Å². The van der Waals surface area contributed by atoms with E-state index in [1.165, 1.54) is 6.42 Å². The minimum Gasteiger partial charge on any atom is -0.340 e. The fourth-order valence-corrected chi connectivity index (χ4v) is 3.48. The molecule has 1 saturated heterocycles.